The fourth-order valence-corrected chi connectivity index (χ4v) is 3.92. The molecular formula is C21H23N3O2. The Morgan fingerprint density at radius 2 is 1.65 bits per heavy atom. The number of piperazine rings is 1. The summed E-state index contributed by atoms with van der Waals surface area (Å²) in [6, 6.07) is 11.7. The van der Waals surface area contributed by atoms with E-state index in [4.69, 9.17) is 0 Å². The Labute approximate surface area is 153 Å². The standard InChI is InChI=1S/C21H23N3O2/c1-16-5-2-3-7-18(16)21(8-9-21)20(26)24-13-11-23(12-14-24)19(25)17-6-4-10-22-15-17/h2-7,10,15H,8-9,11-14H2,1H3. The topological polar surface area (TPSA) is 53.5 Å². The van der Waals surface area contributed by atoms with E-state index in [-0.39, 0.29) is 17.2 Å². The van der Waals surface area contributed by atoms with Crippen LogP contribution in [0.1, 0.15) is 34.3 Å². The van der Waals surface area contributed by atoms with Gasteiger partial charge in [-0.3, -0.25) is 14.6 Å². The van der Waals surface area contributed by atoms with E-state index >= 15 is 0 Å². The van der Waals surface area contributed by atoms with Crippen LogP contribution in [0.15, 0.2) is 48.8 Å². The molecule has 2 heterocycles. The van der Waals surface area contributed by atoms with Gasteiger partial charge in [0, 0.05) is 38.6 Å². The van der Waals surface area contributed by atoms with Crippen LogP contribution in [0.4, 0.5) is 0 Å². The highest BCUT2D eigenvalue weighted by molar-refractivity contribution is 5.94. The van der Waals surface area contributed by atoms with Crippen molar-refractivity contribution in [2.75, 3.05) is 26.2 Å². The molecule has 2 amide bonds. The van der Waals surface area contributed by atoms with Crippen LogP contribution in [-0.4, -0.2) is 52.8 Å². The number of aromatic nitrogens is 1. The largest absolute Gasteiger partial charge is 0.338 e. The van der Waals surface area contributed by atoms with Crippen molar-refractivity contribution in [2.45, 2.75) is 25.2 Å². The minimum Gasteiger partial charge on any atom is -0.338 e. The van der Waals surface area contributed by atoms with Crippen molar-refractivity contribution in [3.05, 3.63) is 65.5 Å². The van der Waals surface area contributed by atoms with Gasteiger partial charge in [0.2, 0.25) is 5.91 Å². The monoisotopic (exact) mass is 349 g/mol. The average molecular weight is 349 g/mol. The van der Waals surface area contributed by atoms with Gasteiger partial charge in [-0.25, -0.2) is 0 Å². The summed E-state index contributed by atoms with van der Waals surface area (Å²) < 4.78 is 0. The van der Waals surface area contributed by atoms with Gasteiger partial charge in [-0.05, 0) is 43.0 Å². The molecule has 1 aliphatic heterocycles. The van der Waals surface area contributed by atoms with Gasteiger partial charge in [-0.15, -0.1) is 0 Å². The number of hydrogen-bond donors (Lipinski definition) is 0. The van der Waals surface area contributed by atoms with E-state index < -0.39 is 0 Å². The molecule has 1 aromatic heterocycles. The maximum absolute atomic E-state index is 13.2. The Hall–Kier alpha value is -2.69. The highest BCUT2D eigenvalue weighted by Gasteiger charge is 2.53. The summed E-state index contributed by atoms with van der Waals surface area (Å²) in [6.45, 7) is 4.41. The third-order valence-electron chi connectivity index (χ3n) is 5.58. The molecule has 0 N–H and O–H groups in total. The van der Waals surface area contributed by atoms with Crippen molar-refractivity contribution in [2.24, 2.45) is 0 Å². The van der Waals surface area contributed by atoms with E-state index in [1.54, 1.807) is 24.5 Å². The third-order valence-corrected chi connectivity index (χ3v) is 5.58. The molecule has 5 heteroatoms. The van der Waals surface area contributed by atoms with Crippen LogP contribution in [0.3, 0.4) is 0 Å². The van der Waals surface area contributed by atoms with Gasteiger partial charge in [-0.1, -0.05) is 24.3 Å². The molecule has 2 aromatic rings. The van der Waals surface area contributed by atoms with Crippen LogP contribution < -0.4 is 0 Å². The highest BCUT2D eigenvalue weighted by Crippen LogP contribution is 2.50. The van der Waals surface area contributed by atoms with E-state index in [1.807, 2.05) is 21.9 Å². The van der Waals surface area contributed by atoms with Gasteiger partial charge in [-0.2, -0.15) is 0 Å². The number of nitrogens with zero attached hydrogens (tertiary/aromatic N) is 3. The van der Waals surface area contributed by atoms with Crippen LogP contribution in [0.5, 0.6) is 0 Å². The molecule has 1 aromatic carbocycles. The molecule has 1 saturated heterocycles. The highest BCUT2D eigenvalue weighted by atomic mass is 16.2. The summed E-state index contributed by atoms with van der Waals surface area (Å²) in [4.78, 5) is 33.5. The molecule has 0 unspecified atom stereocenters. The lowest BCUT2D eigenvalue weighted by Crippen LogP contribution is -2.53. The van der Waals surface area contributed by atoms with E-state index in [0.717, 1.165) is 12.8 Å². The van der Waals surface area contributed by atoms with E-state index in [1.165, 1.54) is 11.1 Å². The van der Waals surface area contributed by atoms with Crippen molar-refractivity contribution < 1.29 is 9.59 Å². The van der Waals surface area contributed by atoms with Crippen molar-refractivity contribution >= 4 is 11.8 Å². The minimum absolute atomic E-state index is 0.00904. The van der Waals surface area contributed by atoms with Crippen molar-refractivity contribution in [1.29, 1.82) is 0 Å². The van der Waals surface area contributed by atoms with E-state index in [2.05, 4.69) is 24.0 Å². The molecule has 0 atom stereocenters. The maximum Gasteiger partial charge on any atom is 0.255 e. The summed E-state index contributed by atoms with van der Waals surface area (Å²) in [5.74, 6) is 0.213. The molecule has 5 nitrogen and oxygen atoms in total. The maximum atomic E-state index is 13.2. The van der Waals surface area contributed by atoms with Gasteiger partial charge in [0.05, 0.1) is 11.0 Å². The lowest BCUT2D eigenvalue weighted by molar-refractivity contribution is -0.135. The smallest absolute Gasteiger partial charge is 0.255 e. The summed E-state index contributed by atoms with van der Waals surface area (Å²) in [7, 11) is 0. The molecule has 134 valence electrons. The quantitative estimate of drug-likeness (QED) is 0.855. The molecule has 2 aliphatic rings. The molecule has 26 heavy (non-hydrogen) atoms. The Morgan fingerprint density at radius 3 is 2.27 bits per heavy atom. The fraction of sp³-hybridized carbons (Fsp3) is 0.381. The van der Waals surface area contributed by atoms with Crippen LogP contribution in [0.2, 0.25) is 0 Å². The molecular weight excluding hydrogens is 326 g/mol. The van der Waals surface area contributed by atoms with Gasteiger partial charge in [0.1, 0.15) is 0 Å². The number of amides is 2. The fourth-order valence-electron chi connectivity index (χ4n) is 3.92. The van der Waals surface area contributed by atoms with Gasteiger partial charge >= 0.3 is 0 Å². The second-order valence-corrected chi connectivity index (χ2v) is 7.22. The number of benzene rings is 1. The lowest BCUT2D eigenvalue weighted by Gasteiger charge is -2.37. The molecule has 1 aliphatic carbocycles. The van der Waals surface area contributed by atoms with Crippen LogP contribution in [0, 0.1) is 6.92 Å². The molecule has 4 rings (SSSR count). The second kappa shape index (κ2) is 6.56. The van der Waals surface area contributed by atoms with Gasteiger partial charge in [0.15, 0.2) is 0 Å². The van der Waals surface area contributed by atoms with Crippen molar-refractivity contribution in [3.63, 3.8) is 0 Å². The van der Waals surface area contributed by atoms with Crippen LogP contribution in [-0.2, 0) is 10.2 Å². The normalized spacial score (nSPS) is 18.5. The lowest BCUT2D eigenvalue weighted by atomic mass is 9.90. The zero-order chi connectivity index (χ0) is 18.1. The third kappa shape index (κ3) is 2.87. The zero-order valence-corrected chi connectivity index (χ0v) is 15.0. The molecule has 0 radical (unpaired) electrons. The average Bonchev–Trinajstić information content (AvgIpc) is 3.50. The first-order chi connectivity index (χ1) is 12.6. The zero-order valence-electron chi connectivity index (χ0n) is 15.0. The predicted octanol–water partition coefficient (Wildman–Crippen LogP) is 2.41. The number of hydrogen-bond acceptors (Lipinski definition) is 3. The Kier molecular flexibility index (Phi) is 4.23. The van der Waals surface area contributed by atoms with Crippen LogP contribution >= 0.6 is 0 Å². The summed E-state index contributed by atoms with van der Waals surface area (Å²) >= 11 is 0. The summed E-state index contributed by atoms with van der Waals surface area (Å²) in [5.41, 5.74) is 2.62. The number of aryl methyl sites for hydroxylation is 1. The predicted molar refractivity (Wildman–Crippen MR) is 98.8 cm³/mol. The first kappa shape index (κ1) is 16.8. The molecule has 1 saturated carbocycles. The Balaban J connectivity index is 1.43. The molecule has 0 bridgehead atoms. The van der Waals surface area contributed by atoms with Gasteiger partial charge in [0.25, 0.3) is 5.91 Å². The number of pyridine rings is 1. The summed E-state index contributed by atoms with van der Waals surface area (Å²) in [5, 5.41) is 0. The Bertz CT molecular complexity index is 822. The second-order valence-electron chi connectivity index (χ2n) is 7.22. The van der Waals surface area contributed by atoms with Gasteiger partial charge < -0.3 is 9.80 Å². The van der Waals surface area contributed by atoms with E-state index in [9.17, 15) is 9.59 Å². The SMILES string of the molecule is Cc1ccccc1C1(C(=O)N2CCN(C(=O)c3cccnc3)CC2)CC1. The van der Waals surface area contributed by atoms with Crippen molar-refractivity contribution in [3.8, 4) is 0 Å². The first-order valence-corrected chi connectivity index (χ1v) is 9.17. The number of carbonyl (C=O) groups excluding carboxylic acids is 2. The van der Waals surface area contributed by atoms with E-state index in [0.29, 0.717) is 31.7 Å². The molecule has 0 spiro atoms. The van der Waals surface area contributed by atoms with Crippen molar-refractivity contribution in [1.82, 2.24) is 14.8 Å². The number of rotatable bonds is 3. The van der Waals surface area contributed by atoms with Crippen LogP contribution in [0.25, 0.3) is 0 Å². The first-order valence-electron chi connectivity index (χ1n) is 9.17. The molecule has 2 fully saturated rings. The minimum atomic E-state index is -0.332. The summed E-state index contributed by atoms with van der Waals surface area (Å²) in [6.07, 6.45) is 5.10. The Morgan fingerprint density at radius 1 is 0.962 bits per heavy atom. The number of carbonyl (C=O) groups is 2.